The maximum Gasteiger partial charge on any atom is 0.319 e. The summed E-state index contributed by atoms with van der Waals surface area (Å²) < 4.78 is 1.75. The number of aryl methyl sites for hydroxylation is 1. The summed E-state index contributed by atoms with van der Waals surface area (Å²) in [6, 6.07) is 7.11. The van der Waals surface area contributed by atoms with E-state index in [1.165, 1.54) is 0 Å². The molecule has 1 heterocycles. The van der Waals surface area contributed by atoms with Gasteiger partial charge in [-0.2, -0.15) is 0 Å². The molecule has 106 valence electrons. The lowest BCUT2D eigenvalue weighted by molar-refractivity contribution is 0.251. The topological polar surface area (TPSA) is 97.9 Å². The van der Waals surface area contributed by atoms with E-state index in [1.807, 2.05) is 38.2 Å². The fourth-order valence-corrected chi connectivity index (χ4v) is 1.67. The lowest BCUT2D eigenvalue weighted by atomic mass is 10.1. The van der Waals surface area contributed by atoms with E-state index in [0.717, 1.165) is 5.56 Å². The van der Waals surface area contributed by atoms with Gasteiger partial charge < -0.3 is 20.9 Å². The molecule has 0 radical (unpaired) electrons. The van der Waals surface area contributed by atoms with Crippen LogP contribution in [0.1, 0.15) is 24.4 Å². The Bertz CT molecular complexity index is 575. The first-order valence-corrected chi connectivity index (χ1v) is 6.29. The molecule has 1 unspecified atom stereocenters. The van der Waals surface area contributed by atoms with E-state index in [-0.39, 0.29) is 12.1 Å². The van der Waals surface area contributed by atoms with Gasteiger partial charge >= 0.3 is 6.03 Å². The number of nitrogens with zero attached hydrogens (tertiary/aromatic N) is 3. The normalized spacial score (nSPS) is 11.9. The van der Waals surface area contributed by atoms with Crippen LogP contribution >= 0.6 is 0 Å². The molecule has 1 atom stereocenters. The van der Waals surface area contributed by atoms with Gasteiger partial charge in [-0.3, -0.25) is 0 Å². The molecule has 4 N–H and O–H groups in total. The van der Waals surface area contributed by atoms with Gasteiger partial charge in [0.15, 0.2) is 5.82 Å². The molecular formula is C13H18N6O. The van der Waals surface area contributed by atoms with E-state index in [1.54, 1.807) is 10.9 Å². The average molecular weight is 274 g/mol. The van der Waals surface area contributed by atoms with Crippen LogP contribution < -0.4 is 16.4 Å². The number of amides is 2. The van der Waals surface area contributed by atoms with Crippen molar-refractivity contribution in [3.8, 4) is 0 Å². The van der Waals surface area contributed by atoms with Gasteiger partial charge in [-0.05, 0) is 24.6 Å². The van der Waals surface area contributed by atoms with Crippen LogP contribution in [0.3, 0.4) is 0 Å². The maximum atomic E-state index is 11.7. The number of nitrogens with two attached hydrogens (primary N) is 1. The molecule has 1 aromatic carbocycles. The number of anilines is 1. The van der Waals surface area contributed by atoms with Gasteiger partial charge in [-0.15, -0.1) is 10.2 Å². The van der Waals surface area contributed by atoms with Gasteiger partial charge in [0, 0.05) is 18.8 Å². The Labute approximate surface area is 117 Å². The van der Waals surface area contributed by atoms with Gasteiger partial charge in [0.05, 0.1) is 6.54 Å². The van der Waals surface area contributed by atoms with E-state index in [2.05, 4.69) is 20.8 Å². The summed E-state index contributed by atoms with van der Waals surface area (Å²) in [5, 5.41) is 13.1. The van der Waals surface area contributed by atoms with E-state index >= 15 is 0 Å². The third-order valence-corrected chi connectivity index (χ3v) is 2.91. The Hall–Kier alpha value is -2.41. The van der Waals surface area contributed by atoms with Crippen molar-refractivity contribution in [3.05, 3.63) is 42.0 Å². The SMILES string of the molecule is CC(N)c1ccc(NC(=O)NCc2nncn2C)cc1. The highest BCUT2D eigenvalue weighted by Crippen LogP contribution is 2.13. The maximum absolute atomic E-state index is 11.7. The molecule has 1 aromatic heterocycles. The monoisotopic (exact) mass is 274 g/mol. The smallest absolute Gasteiger partial charge is 0.319 e. The first-order chi connectivity index (χ1) is 9.56. The van der Waals surface area contributed by atoms with Crippen LogP contribution in [0.5, 0.6) is 0 Å². The standard InChI is InChI=1S/C13H18N6O/c1-9(14)10-3-5-11(6-4-10)17-13(20)15-7-12-18-16-8-19(12)2/h3-6,8-9H,7,14H2,1-2H3,(H2,15,17,20). The Morgan fingerprint density at radius 1 is 1.40 bits per heavy atom. The molecule has 7 heteroatoms. The Morgan fingerprint density at radius 2 is 2.10 bits per heavy atom. The van der Waals surface area contributed by atoms with Crippen molar-refractivity contribution < 1.29 is 4.79 Å². The predicted octanol–water partition coefficient (Wildman–Crippen LogP) is 1.16. The number of nitrogens with one attached hydrogen (secondary N) is 2. The number of aromatic nitrogens is 3. The summed E-state index contributed by atoms with van der Waals surface area (Å²) in [5.41, 5.74) is 7.50. The minimum absolute atomic E-state index is 0.0196. The van der Waals surface area contributed by atoms with Crippen molar-refractivity contribution in [1.29, 1.82) is 0 Å². The Kier molecular flexibility index (Phi) is 4.31. The first-order valence-electron chi connectivity index (χ1n) is 6.29. The van der Waals surface area contributed by atoms with Crippen LogP contribution in [-0.4, -0.2) is 20.8 Å². The van der Waals surface area contributed by atoms with Crippen molar-refractivity contribution in [2.24, 2.45) is 12.8 Å². The molecule has 2 rings (SSSR count). The molecule has 20 heavy (non-hydrogen) atoms. The molecule has 0 saturated heterocycles. The molecule has 7 nitrogen and oxygen atoms in total. The van der Waals surface area contributed by atoms with Crippen molar-refractivity contribution >= 4 is 11.7 Å². The van der Waals surface area contributed by atoms with Crippen molar-refractivity contribution in [3.63, 3.8) is 0 Å². The molecule has 2 amide bonds. The van der Waals surface area contributed by atoms with E-state index in [4.69, 9.17) is 5.73 Å². The third-order valence-electron chi connectivity index (χ3n) is 2.91. The van der Waals surface area contributed by atoms with Crippen molar-refractivity contribution in [1.82, 2.24) is 20.1 Å². The van der Waals surface area contributed by atoms with Crippen LogP contribution in [0, 0.1) is 0 Å². The number of carbonyl (C=O) groups excluding carboxylic acids is 1. The molecule has 0 fully saturated rings. The molecule has 0 saturated carbocycles. The predicted molar refractivity (Wildman–Crippen MR) is 75.9 cm³/mol. The molecule has 0 aliphatic heterocycles. The summed E-state index contributed by atoms with van der Waals surface area (Å²) in [6.07, 6.45) is 1.58. The molecular weight excluding hydrogens is 256 g/mol. The molecule has 0 spiro atoms. The number of rotatable bonds is 4. The van der Waals surface area contributed by atoms with E-state index < -0.39 is 0 Å². The highest BCUT2D eigenvalue weighted by atomic mass is 16.2. The zero-order valence-electron chi connectivity index (χ0n) is 11.5. The number of hydrogen-bond acceptors (Lipinski definition) is 4. The van der Waals surface area contributed by atoms with Crippen molar-refractivity contribution in [2.75, 3.05) is 5.32 Å². The van der Waals surface area contributed by atoms with Gasteiger partial charge in [-0.1, -0.05) is 12.1 Å². The van der Waals surface area contributed by atoms with Crippen molar-refractivity contribution in [2.45, 2.75) is 19.5 Å². The van der Waals surface area contributed by atoms with Crippen LogP contribution in [-0.2, 0) is 13.6 Å². The lowest BCUT2D eigenvalue weighted by Crippen LogP contribution is -2.29. The molecule has 2 aromatic rings. The lowest BCUT2D eigenvalue weighted by Gasteiger charge is -2.09. The highest BCUT2D eigenvalue weighted by molar-refractivity contribution is 5.89. The number of hydrogen-bond donors (Lipinski definition) is 3. The van der Waals surface area contributed by atoms with Gasteiger partial charge in [0.25, 0.3) is 0 Å². The zero-order valence-corrected chi connectivity index (χ0v) is 11.5. The summed E-state index contributed by atoms with van der Waals surface area (Å²) in [7, 11) is 1.82. The number of benzene rings is 1. The van der Waals surface area contributed by atoms with Gasteiger partial charge in [0.1, 0.15) is 6.33 Å². The van der Waals surface area contributed by atoms with Crippen LogP contribution in [0.2, 0.25) is 0 Å². The Morgan fingerprint density at radius 3 is 2.65 bits per heavy atom. The summed E-state index contributed by atoms with van der Waals surface area (Å²) in [5.74, 6) is 0.687. The van der Waals surface area contributed by atoms with Gasteiger partial charge in [0.2, 0.25) is 0 Å². The molecule has 0 aliphatic rings. The van der Waals surface area contributed by atoms with Crippen LogP contribution in [0.15, 0.2) is 30.6 Å². The minimum atomic E-state index is -0.290. The second-order valence-corrected chi connectivity index (χ2v) is 4.58. The van der Waals surface area contributed by atoms with Crippen LogP contribution in [0.4, 0.5) is 10.5 Å². The summed E-state index contributed by atoms with van der Waals surface area (Å²) >= 11 is 0. The fourth-order valence-electron chi connectivity index (χ4n) is 1.67. The Balaban J connectivity index is 1.86. The third kappa shape index (κ3) is 3.55. The first kappa shape index (κ1) is 14.0. The second kappa shape index (κ2) is 6.16. The molecule has 0 aliphatic carbocycles. The van der Waals surface area contributed by atoms with E-state index in [0.29, 0.717) is 18.1 Å². The second-order valence-electron chi connectivity index (χ2n) is 4.58. The quantitative estimate of drug-likeness (QED) is 0.779. The minimum Gasteiger partial charge on any atom is -0.331 e. The van der Waals surface area contributed by atoms with Gasteiger partial charge in [-0.25, -0.2) is 4.79 Å². The zero-order chi connectivity index (χ0) is 14.5. The summed E-state index contributed by atoms with van der Waals surface area (Å²) in [6.45, 7) is 2.23. The summed E-state index contributed by atoms with van der Waals surface area (Å²) in [4.78, 5) is 11.7. The van der Waals surface area contributed by atoms with Crippen LogP contribution in [0.25, 0.3) is 0 Å². The fraction of sp³-hybridized carbons (Fsp3) is 0.308. The largest absolute Gasteiger partial charge is 0.331 e. The number of urea groups is 1. The highest BCUT2D eigenvalue weighted by Gasteiger charge is 2.05. The molecule has 0 bridgehead atoms. The van der Waals surface area contributed by atoms with E-state index in [9.17, 15) is 4.79 Å². The number of carbonyl (C=O) groups is 1. The average Bonchev–Trinajstić information content (AvgIpc) is 2.82.